The Kier molecular flexibility index (Phi) is 6.90. The Hall–Kier alpha value is -1.74. The first-order valence-corrected chi connectivity index (χ1v) is 8.57. The molecular weight excluding hydrogens is 350 g/mol. The summed E-state index contributed by atoms with van der Waals surface area (Å²) in [5.41, 5.74) is -3.98. The van der Waals surface area contributed by atoms with Gasteiger partial charge in [0.2, 0.25) is 11.1 Å². The summed E-state index contributed by atoms with van der Waals surface area (Å²) in [6.45, 7) is 6.49. The van der Waals surface area contributed by atoms with Crippen molar-refractivity contribution < 1.29 is 33.7 Å². The molecule has 0 aromatic heterocycles. The zero-order valence-corrected chi connectivity index (χ0v) is 16.0. The van der Waals surface area contributed by atoms with E-state index in [0.29, 0.717) is 0 Å². The summed E-state index contributed by atoms with van der Waals surface area (Å²) in [5, 5.41) is 10.9. The second-order valence-corrected chi connectivity index (χ2v) is 6.15. The fourth-order valence-electron chi connectivity index (χ4n) is 2.97. The maximum Gasteiger partial charge on any atom is 0.360 e. The number of thiocarbonyl (C=S) groups is 1. The van der Waals surface area contributed by atoms with Crippen LogP contribution in [0.2, 0.25) is 0 Å². The van der Waals surface area contributed by atoms with E-state index >= 15 is 0 Å². The average molecular weight is 375 g/mol. The molecule has 1 heterocycles. The Morgan fingerprint density at radius 1 is 1.08 bits per heavy atom. The van der Waals surface area contributed by atoms with Gasteiger partial charge < -0.3 is 24.2 Å². The summed E-state index contributed by atoms with van der Waals surface area (Å²) in [4.78, 5) is 38.3. The lowest BCUT2D eigenvalue weighted by Crippen LogP contribution is -2.70. The number of aliphatic hydroxyl groups is 1. The number of esters is 3. The smallest absolute Gasteiger partial charge is 0.360 e. The molecule has 0 aromatic carbocycles. The van der Waals surface area contributed by atoms with E-state index in [4.69, 9.17) is 26.4 Å². The Balaban J connectivity index is 3.41. The van der Waals surface area contributed by atoms with Crippen LogP contribution in [0.3, 0.4) is 0 Å². The summed E-state index contributed by atoms with van der Waals surface area (Å²) < 4.78 is 15.0. The van der Waals surface area contributed by atoms with Gasteiger partial charge in [0.1, 0.15) is 4.99 Å². The third-order valence-electron chi connectivity index (χ3n) is 4.30. The van der Waals surface area contributed by atoms with Crippen LogP contribution in [0.4, 0.5) is 0 Å². The molecule has 1 N–H and O–H groups in total. The second-order valence-electron chi connectivity index (χ2n) is 5.76. The van der Waals surface area contributed by atoms with Crippen molar-refractivity contribution >= 4 is 35.1 Å². The van der Waals surface area contributed by atoms with E-state index < -0.39 is 35.0 Å². The number of carbonyl (C=O) groups excluding carboxylic acids is 3. The van der Waals surface area contributed by atoms with E-state index in [2.05, 4.69) is 0 Å². The van der Waals surface area contributed by atoms with Crippen molar-refractivity contribution in [3.05, 3.63) is 0 Å². The number of likely N-dealkylation sites (tertiary alicyclic amines) is 1. The first-order chi connectivity index (χ1) is 11.6. The normalized spacial score (nSPS) is 25.3. The van der Waals surface area contributed by atoms with Gasteiger partial charge in [-0.05, 0) is 27.2 Å². The van der Waals surface area contributed by atoms with Crippen LogP contribution >= 0.6 is 12.2 Å². The van der Waals surface area contributed by atoms with Gasteiger partial charge in [0.05, 0.1) is 19.8 Å². The van der Waals surface area contributed by atoms with Gasteiger partial charge in [0.15, 0.2) is 0 Å². The highest BCUT2D eigenvalue weighted by Gasteiger charge is 2.65. The van der Waals surface area contributed by atoms with E-state index in [1.165, 1.54) is 14.0 Å². The van der Waals surface area contributed by atoms with Crippen LogP contribution in [0.15, 0.2) is 0 Å². The molecule has 1 rings (SSSR count). The second kappa shape index (κ2) is 8.09. The topological polar surface area (TPSA) is 102 Å². The van der Waals surface area contributed by atoms with E-state index in [9.17, 15) is 19.5 Å². The minimum absolute atomic E-state index is 0.0445. The molecule has 1 aliphatic rings. The van der Waals surface area contributed by atoms with Crippen molar-refractivity contribution in [3.8, 4) is 0 Å². The number of hydrogen-bond acceptors (Lipinski definition) is 8. The van der Waals surface area contributed by atoms with Crippen LogP contribution in [0.25, 0.3) is 0 Å². The standard InChI is InChI=1S/C16H25NO7S/c1-6-22-12(18)15(13(19)23-7-2)9-10(4)16(21,14(20)24-8-3)17(5)11(15)25/h10,21H,6-9H2,1-5H3/t10-,16+/m0/s1. The first kappa shape index (κ1) is 21.3. The molecular formula is C16H25NO7S. The van der Waals surface area contributed by atoms with Crippen LogP contribution in [0.5, 0.6) is 0 Å². The quantitative estimate of drug-likeness (QED) is 0.310. The lowest BCUT2D eigenvalue weighted by molar-refractivity contribution is -0.201. The van der Waals surface area contributed by atoms with Crippen molar-refractivity contribution in [3.63, 3.8) is 0 Å². The van der Waals surface area contributed by atoms with Gasteiger partial charge in [-0.1, -0.05) is 19.1 Å². The molecule has 1 aliphatic heterocycles. The number of nitrogens with zero attached hydrogens (tertiary/aromatic N) is 1. The maximum atomic E-state index is 12.6. The molecule has 0 spiro atoms. The van der Waals surface area contributed by atoms with Crippen molar-refractivity contribution in [2.45, 2.75) is 39.8 Å². The molecule has 1 saturated heterocycles. The Labute approximate surface area is 152 Å². The molecule has 9 heteroatoms. The fourth-order valence-corrected chi connectivity index (χ4v) is 3.36. The Morgan fingerprint density at radius 2 is 1.48 bits per heavy atom. The number of piperidine rings is 1. The van der Waals surface area contributed by atoms with E-state index in [1.54, 1.807) is 20.8 Å². The third kappa shape index (κ3) is 3.35. The van der Waals surface area contributed by atoms with Crippen molar-refractivity contribution in [2.75, 3.05) is 26.9 Å². The molecule has 0 unspecified atom stereocenters. The average Bonchev–Trinajstić information content (AvgIpc) is 2.56. The third-order valence-corrected chi connectivity index (χ3v) is 4.93. The minimum atomic E-state index is -2.09. The number of rotatable bonds is 6. The molecule has 0 aliphatic carbocycles. The minimum Gasteiger partial charge on any atom is -0.465 e. The van der Waals surface area contributed by atoms with Gasteiger partial charge >= 0.3 is 17.9 Å². The molecule has 142 valence electrons. The molecule has 1 fully saturated rings. The highest BCUT2D eigenvalue weighted by atomic mass is 32.1. The fraction of sp³-hybridized carbons (Fsp3) is 0.750. The SMILES string of the molecule is CCOC(=O)C1(C(=O)OCC)C[C@H](C)[C@@](O)(C(=O)OCC)N(C)C1=S. The van der Waals surface area contributed by atoms with E-state index in [0.717, 1.165) is 4.90 Å². The lowest BCUT2D eigenvalue weighted by atomic mass is 9.71. The summed E-state index contributed by atoms with van der Waals surface area (Å²) >= 11 is 5.30. The highest BCUT2D eigenvalue weighted by Crippen LogP contribution is 2.44. The molecule has 0 saturated carbocycles. The Bertz CT molecular complexity index is 547. The van der Waals surface area contributed by atoms with Gasteiger partial charge in [0, 0.05) is 13.0 Å². The lowest BCUT2D eigenvalue weighted by Gasteiger charge is -2.50. The van der Waals surface area contributed by atoms with Gasteiger partial charge in [-0.25, -0.2) is 4.79 Å². The van der Waals surface area contributed by atoms with Gasteiger partial charge in [-0.15, -0.1) is 0 Å². The molecule has 0 amide bonds. The number of ether oxygens (including phenoxy) is 3. The highest BCUT2D eigenvalue weighted by molar-refractivity contribution is 7.80. The summed E-state index contributed by atoms with van der Waals surface area (Å²) in [6, 6.07) is 0. The maximum absolute atomic E-state index is 12.6. The van der Waals surface area contributed by atoms with Gasteiger partial charge in [-0.3, -0.25) is 9.59 Å². The van der Waals surface area contributed by atoms with Gasteiger partial charge in [0.25, 0.3) is 0 Å². The van der Waals surface area contributed by atoms with E-state index in [1.807, 2.05) is 0 Å². The van der Waals surface area contributed by atoms with Crippen molar-refractivity contribution in [2.24, 2.45) is 11.3 Å². The zero-order valence-electron chi connectivity index (χ0n) is 15.2. The molecule has 8 nitrogen and oxygen atoms in total. The van der Waals surface area contributed by atoms with Crippen LogP contribution in [-0.2, 0) is 28.6 Å². The van der Waals surface area contributed by atoms with Gasteiger partial charge in [-0.2, -0.15) is 0 Å². The Morgan fingerprint density at radius 3 is 1.88 bits per heavy atom. The van der Waals surface area contributed by atoms with Crippen LogP contribution < -0.4 is 0 Å². The molecule has 2 atom stereocenters. The predicted octanol–water partition coefficient (Wildman–Crippen LogP) is 0.650. The summed E-state index contributed by atoms with van der Waals surface area (Å²) in [7, 11) is 1.34. The molecule has 0 aromatic rings. The van der Waals surface area contributed by atoms with Crippen molar-refractivity contribution in [1.82, 2.24) is 4.90 Å². The molecule has 0 bridgehead atoms. The molecule has 0 radical (unpaired) electrons. The van der Waals surface area contributed by atoms with Crippen LogP contribution in [0, 0.1) is 11.3 Å². The number of hydrogen-bond donors (Lipinski definition) is 1. The summed E-state index contributed by atoms with van der Waals surface area (Å²) in [6.07, 6.45) is -0.233. The largest absolute Gasteiger partial charge is 0.465 e. The van der Waals surface area contributed by atoms with Crippen LogP contribution in [0.1, 0.15) is 34.1 Å². The van der Waals surface area contributed by atoms with Crippen LogP contribution in [-0.4, -0.2) is 65.5 Å². The predicted molar refractivity (Wildman–Crippen MR) is 91.4 cm³/mol. The van der Waals surface area contributed by atoms with Crippen molar-refractivity contribution in [1.29, 1.82) is 0 Å². The number of carbonyl (C=O) groups is 3. The summed E-state index contributed by atoms with van der Waals surface area (Å²) in [5.74, 6) is -3.46. The van der Waals surface area contributed by atoms with E-state index in [-0.39, 0.29) is 31.2 Å². The molecule has 25 heavy (non-hydrogen) atoms. The monoisotopic (exact) mass is 375 g/mol. The number of likely N-dealkylation sites (N-methyl/N-ethyl adjacent to an activating group) is 1. The zero-order chi connectivity index (χ0) is 19.4. The first-order valence-electron chi connectivity index (χ1n) is 8.16.